The third-order valence-electron chi connectivity index (χ3n) is 3.26. The molecule has 1 rings (SSSR count). The van der Waals surface area contributed by atoms with Crippen molar-refractivity contribution in [2.45, 2.75) is 39.3 Å². The van der Waals surface area contributed by atoms with Crippen molar-refractivity contribution in [1.29, 1.82) is 0 Å². The zero-order valence-electron chi connectivity index (χ0n) is 10.8. The average molecular weight is 224 g/mol. The third kappa shape index (κ3) is 2.83. The van der Waals surface area contributed by atoms with E-state index >= 15 is 0 Å². The van der Waals surface area contributed by atoms with Crippen molar-refractivity contribution in [3.05, 3.63) is 18.0 Å². The molecule has 0 bridgehead atoms. The van der Waals surface area contributed by atoms with Crippen molar-refractivity contribution in [2.75, 3.05) is 13.1 Å². The Bertz CT molecular complexity index is 308. The Hall–Kier alpha value is -0.870. The van der Waals surface area contributed by atoms with Crippen LogP contribution in [-0.2, 0) is 7.05 Å². The lowest BCUT2D eigenvalue weighted by Crippen LogP contribution is -2.39. The summed E-state index contributed by atoms with van der Waals surface area (Å²) in [5.41, 5.74) is 7.12. The lowest BCUT2D eigenvalue weighted by atomic mass is 10.1. The molecule has 0 aliphatic carbocycles. The topological polar surface area (TPSA) is 47.1 Å². The number of aryl methyl sites for hydroxylation is 1. The van der Waals surface area contributed by atoms with E-state index in [0.29, 0.717) is 12.6 Å². The maximum absolute atomic E-state index is 5.90. The Labute approximate surface area is 98.4 Å². The molecular weight excluding hydrogens is 200 g/mol. The van der Waals surface area contributed by atoms with Crippen LogP contribution < -0.4 is 5.73 Å². The second kappa shape index (κ2) is 6.01. The molecule has 0 spiro atoms. The van der Waals surface area contributed by atoms with Gasteiger partial charge in [0.1, 0.15) is 0 Å². The number of hydrogen-bond donors (Lipinski definition) is 1. The van der Waals surface area contributed by atoms with Crippen LogP contribution in [0.4, 0.5) is 0 Å². The molecule has 0 aliphatic rings. The van der Waals surface area contributed by atoms with Crippen molar-refractivity contribution in [2.24, 2.45) is 12.8 Å². The molecule has 92 valence electrons. The van der Waals surface area contributed by atoms with E-state index in [1.807, 2.05) is 17.9 Å². The van der Waals surface area contributed by atoms with Gasteiger partial charge in [-0.05, 0) is 19.9 Å². The SMILES string of the molecule is CCC(C)N(CC)C(CN)c1cnn(C)c1. The van der Waals surface area contributed by atoms with Gasteiger partial charge in [0.05, 0.1) is 12.2 Å². The lowest BCUT2D eigenvalue weighted by molar-refractivity contribution is 0.152. The van der Waals surface area contributed by atoms with Crippen LogP contribution in [0.1, 0.15) is 38.8 Å². The first-order chi connectivity index (χ1) is 7.63. The summed E-state index contributed by atoms with van der Waals surface area (Å²) >= 11 is 0. The average Bonchev–Trinajstić information content (AvgIpc) is 2.71. The first-order valence-corrected chi connectivity index (χ1v) is 6.08. The van der Waals surface area contributed by atoms with E-state index < -0.39 is 0 Å². The van der Waals surface area contributed by atoms with Gasteiger partial charge in [-0.3, -0.25) is 9.58 Å². The zero-order chi connectivity index (χ0) is 12.1. The van der Waals surface area contributed by atoms with Crippen molar-refractivity contribution in [3.8, 4) is 0 Å². The van der Waals surface area contributed by atoms with Crippen molar-refractivity contribution in [3.63, 3.8) is 0 Å². The number of rotatable bonds is 6. The highest BCUT2D eigenvalue weighted by molar-refractivity contribution is 5.11. The minimum absolute atomic E-state index is 0.286. The van der Waals surface area contributed by atoms with E-state index in [2.05, 4.69) is 37.0 Å². The second-order valence-electron chi connectivity index (χ2n) is 4.29. The summed E-state index contributed by atoms with van der Waals surface area (Å²) in [7, 11) is 1.94. The Morgan fingerprint density at radius 1 is 1.50 bits per heavy atom. The molecule has 0 aromatic carbocycles. The first kappa shape index (κ1) is 13.2. The fraction of sp³-hybridized carbons (Fsp3) is 0.750. The highest BCUT2D eigenvalue weighted by atomic mass is 15.3. The van der Waals surface area contributed by atoms with Gasteiger partial charge < -0.3 is 5.73 Å². The van der Waals surface area contributed by atoms with Crippen LogP contribution in [0.3, 0.4) is 0 Å². The Balaban J connectivity index is 2.87. The second-order valence-corrected chi connectivity index (χ2v) is 4.29. The molecule has 4 heteroatoms. The number of nitrogens with two attached hydrogens (primary N) is 1. The Morgan fingerprint density at radius 3 is 2.56 bits per heavy atom. The normalized spacial score (nSPS) is 15.4. The molecule has 1 heterocycles. The number of nitrogens with zero attached hydrogens (tertiary/aromatic N) is 3. The van der Waals surface area contributed by atoms with Crippen LogP contribution in [0.2, 0.25) is 0 Å². The highest BCUT2D eigenvalue weighted by Crippen LogP contribution is 2.22. The quantitative estimate of drug-likeness (QED) is 0.797. The number of hydrogen-bond acceptors (Lipinski definition) is 3. The fourth-order valence-corrected chi connectivity index (χ4v) is 2.15. The van der Waals surface area contributed by atoms with Gasteiger partial charge in [-0.25, -0.2) is 0 Å². The number of likely N-dealkylation sites (N-methyl/N-ethyl adjacent to an activating group) is 1. The van der Waals surface area contributed by atoms with Gasteiger partial charge in [0, 0.05) is 31.4 Å². The van der Waals surface area contributed by atoms with Crippen LogP contribution in [0, 0.1) is 0 Å². The Morgan fingerprint density at radius 2 is 2.19 bits per heavy atom. The zero-order valence-corrected chi connectivity index (χ0v) is 10.8. The monoisotopic (exact) mass is 224 g/mol. The molecule has 16 heavy (non-hydrogen) atoms. The molecule has 1 aromatic heterocycles. The van der Waals surface area contributed by atoms with E-state index in [0.717, 1.165) is 13.0 Å². The molecule has 0 saturated carbocycles. The third-order valence-corrected chi connectivity index (χ3v) is 3.26. The van der Waals surface area contributed by atoms with Crippen molar-refractivity contribution < 1.29 is 0 Å². The van der Waals surface area contributed by atoms with Crippen LogP contribution >= 0.6 is 0 Å². The van der Waals surface area contributed by atoms with Crippen molar-refractivity contribution >= 4 is 0 Å². The molecular formula is C12H24N4. The van der Waals surface area contributed by atoms with Gasteiger partial charge in [-0.2, -0.15) is 5.10 Å². The minimum Gasteiger partial charge on any atom is -0.329 e. The Kier molecular flexibility index (Phi) is 4.96. The summed E-state index contributed by atoms with van der Waals surface area (Å²) < 4.78 is 1.84. The predicted molar refractivity (Wildman–Crippen MR) is 67.1 cm³/mol. The molecule has 4 nitrogen and oxygen atoms in total. The van der Waals surface area contributed by atoms with Crippen molar-refractivity contribution in [1.82, 2.24) is 14.7 Å². The van der Waals surface area contributed by atoms with Crippen LogP contribution in [0.5, 0.6) is 0 Å². The van der Waals surface area contributed by atoms with Crippen LogP contribution in [0.15, 0.2) is 12.4 Å². The summed E-state index contributed by atoms with van der Waals surface area (Å²) in [6, 6.07) is 0.840. The van der Waals surface area contributed by atoms with Crippen LogP contribution in [-0.4, -0.2) is 33.8 Å². The van der Waals surface area contributed by atoms with E-state index in [1.54, 1.807) is 0 Å². The number of aromatic nitrogens is 2. The molecule has 2 atom stereocenters. The fourth-order valence-electron chi connectivity index (χ4n) is 2.15. The summed E-state index contributed by atoms with van der Waals surface area (Å²) in [6.45, 7) is 8.31. The highest BCUT2D eigenvalue weighted by Gasteiger charge is 2.22. The van der Waals surface area contributed by atoms with E-state index in [4.69, 9.17) is 5.73 Å². The van der Waals surface area contributed by atoms with Crippen LogP contribution in [0.25, 0.3) is 0 Å². The molecule has 0 saturated heterocycles. The van der Waals surface area contributed by atoms with E-state index in [1.165, 1.54) is 5.56 Å². The smallest absolute Gasteiger partial charge is 0.0538 e. The summed E-state index contributed by atoms with van der Waals surface area (Å²) in [5, 5.41) is 4.22. The molecule has 0 amide bonds. The van der Waals surface area contributed by atoms with Gasteiger partial charge >= 0.3 is 0 Å². The minimum atomic E-state index is 0.286. The molecule has 0 fully saturated rings. The van der Waals surface area contributed by atoms with Gasteiger partial charge in [0.25, 0.3) is 0 Å². The molecule has 0 aliphatic heterocycles. The van der Waals surface area contributed by atoms with Gasteiger partial charge in [0.15, 0.2) is 0 Å². The summed E-state index contributed by atoms with van der Waals surface area (Å²) in [5.74, 6) is 0. The molecule has 2 N–H and O–H groups in total. The van der Waals surface area contributed by atoms with Gasteiger partial charge in [0.2, 0.25) is 0 Å². The van der Waals surface area contributed by atoms with E-state index in [9.17, 15) is 0 Å². The largest absolute Gasteiger partial charge is 0.329 e. The first-order valence-electron chi connectivity index (χ1n) is 6.08. The predicted octanol–water partition coefficient (Wildman–Crippen LogP) is 1.54. The van der Waals surface area contributed by atoms with Gasteiger partial charge in [-0.15, -0.1) is 0 Å². The molecule has 2 unspecified atom stereocenters. The maximum Gasteiger partial charge on any atom is 0.0538 e. The maximum atomic E-state index is 5.90. The molecule has 1 aromatic rings. The lowest BCUT2D eigenvalue weighted by Gasteiger charge is -2.34. The summed E-state index contributed by atoms with van der Waals surface area (Å²) in [4.78, 5) is 2.44. The van der Waals surface area contributed by atoms with Gasteiger partial charge in [-0.1, -0.05) is 13.8 Å². The summed E-state index contributed by atoms with van der Waals surface area (Å²) in [6.07, 6.45) is 5.12. The standard InChI is InChI=1S/C12H24N4/c1-5-10(3)16(6-2)12(7-13)11-8-14-15(4)9-11/h8-10,12H,5-7,13H2,1-4H3. The molecule has 0 radical (unpaired) electrons. The van der Waals surface area contributed by atoms with E-state index in [-0.39, 0.29) is 6.04 Å².